The normalized spacial score (nSPS) is 12.0. The predicted molar refractivity (Wildman–Crippen MR) is 103 cm³/mol. The van der Waals surface area contributed by atoms with Crippen LogP contribution < -0.4 is 10.6 Å². The number of thiazole rings is 1. The molecule has 1 aromatic heterocycles. The van der Waals surface area contributed by atoms with Gasteiger partial charge in [0.2, 0.25) is 0 Å². The number of ether oxygens (including phenoxy) is 1. The average Bonchev–Trinajstić information content (AvgIpc) is 3.03. The number of hydrogen-bond donors (Lipinski definition) is 2. The van der Waals surface area contributed by atoms with E-state index in [9.17, 15) is 0 Å². The Morgan fingerprint density at radius 2 is 2.17 bits per heavy atom. The minimum Gasteiger partial charge on any atom is -0.385 e. The van der Waals surface area contributed by atoms with E-state index in [1.54, 1.807) is 18.4 Å². The summed E-state index contributed by atoms with van der Waals surface area (Å²) in [6.07, 6.45) is 3.00. The lowest BCUT2D eigenvalue weighted by atomic mass is 10.3. The van der Waals surface area contributed by atoms with E-state index in [-0.39, 0.29) is 0 Å². The molecule has 0 amide bonds. The summed E-state index contributed by atoms with van der Waals surface area (Å²) in [5.41, 5.74) is 1.16. The van der Waals surface area contributed by atoms with Gasteiger partial charge in [0, 0.05) is 51.7 Å². The zero-order valence-electron chi connectivity index (χ0n) is 15.6. The molecule has 0 aliphatic heterocycles. The monoisotopic (exact) mass is 355 g/mol. The molecule has 138 valence electrons. The molecule has 0 saturated heterocycles. The highest BCUT2D eigenvalue weighted by atomic mass is 32.1. The lowest BCUT2D eigenvalue weighted by Gasteiger charge is -2.16. The van der Waals surface area contributed by atoms with Gasteiger partial charge in [-0.05, 0) is 26.8 Å². The van der Waals surface area contributed by atoms with Crippen LogP contribution in [0.4, 0.5) is 0 Å². The van der Waals surface area contributed by atoms with Crippen molar-refractivity contribution in [2.75, 3.05) is 53.5 Å². The van der Waals surface area contributed by atoms with Crippen molar-refractivity contribution in [2.24, 2.45) is 4.99 Å². The van der Waals surface area contributed by atoms with Gasteiger partial charge in [0.05, 0.1) is 17.2 Å². The fraction of sp³-hybridized carbons (Fsp3) is 0.765. The summed E-state index contributed by atoms with van der Waals surface area (Å²) >= 11 is 1.74. The van der Waals surface area contributed by atoms with Gasteiger partial charge in [-0.25, -0.2) is 4.98 Å². The highest BCUT2D eigenvalue weighted by molar-refractivity contribution is 7.09. The van der Waals surface area contributed by atoms with Crippen LogP contribution in [0.15, 0.2) is 10.4 Å². The van der Waals surface area contributed by atoms with Crippen LogP contribution in [-0.4, -0.2) is 69.3 Å². The summed E-state index contributed by atoms with van der Waals surface area (Å²) in [5, 5.41) is 10.0. The van der Waals surface area contributed by atoms with Gasteiger partial charge in [-0.1, -0.05) is 6.92 Å². The van der Waals surface area contributed by atoms with E-state index < -0.39 is 0 Å². The van der Waals surface area contributed by atoms with Gasteiger partial charge in [0.15, 0.2) is 5.96 Å². The van der Waals surface area contributed by atoms with Crippen molar-refractivity contribution < 1.29 is 4.74 Å². The molecule has 6 nitrogen and oxygen atoms in total. The van der Waals surface area contributed by atoms with E-state index in [1.807, 2.05) is 0 Å². The molecule has 0 aliphatic carbocycles. The molecule has 0 radical (unpaired) electrons. The second kappa shape index (κ2) is 13.1. The van der Waals surface area contributed by atoms with Crippen molar-refractivity contribution in [3.8, 4) is 0 Å². The number of nitrogens with one attached hydrogen (secondary N) is 2. The van der Waals surface area contributed by atoms with Crippen LogP contribution in [-0.2, 0) is 17.6 Å². The van der Waals surface area contributed by atoms with E-state index in [0.29, 0.717) is 0 Å². The molecule has 0 unspecified atom stereocenters. The molecule has 1 rings (SSSR count). The van der Waals surface area contributed by atoms with Gasteiger partial charge in [-0.2, -0.15) is 0 Å². The van der Waals surface area contributed by atoms with Gasteiger partial charge in [0.25, 0.3) is 0 Å². The average molecular weight is 356 g/mol. The number of aromatic nitrogens is 1. The second-order valence-corrected chi connectivity index (χ2v) is 6.62. The summed E-state index contributed by atoms with van der Waals surface area (Å²) in [5.74, 6) is 0.883. The summed E-state index contributed by atoms with van der Waals surface area (Å²) in [7, 11) is 3.87. The number of hydrogen-bond acceptors (Lipinski definition) is 5. The topological polar surface area (TPSA) is 61.8 Å². The zero-order chi connectivity index (χ0) is 17.6. The third-order valence-corrected chi connectivity index (χ3v) is 4.60. The summed E-state index contributed by atoms with van der Waals surface area (Å²) in [6.45, 7) is 9.53. The molecule has 1 aromatic rings. The van der Waals surface area contributed by atoms with E-state index >= 15 is 0 Å². The van der Waals surface area contributed by atoms with Crippen LogP contribution in [0.25, 0.3) is 0 Å². The maximum atomic E-state index is 5.08. The Labute approximate surface area is 150 Å². The van der Waals surface area contributed by atoms with Gasteiger partial charge < -0.3 is 20.3 Å². The minimum absolute atomic E-state index is 0.787. The van der Waals surface area contributed by atoms with Gasteiger partial charge in [0.1, 0.15) is 0 Å². The molecule has 0 atom stereocenters. The van der Waals surface area contributed by atoms with E-state index in [1.165, 1.54) is 5.01 Å². The van der Waals surface area contributed by atoms with Crippen LogP contribution in [0, 0.1) is 0 Å². The minimum atomic E-state index is 0.787. The molecule has 2 N–H and O–H groups in total. The summed E-state index contributed by atoms with van der Waals surface area (Å²) in [4.78, 5) is 11.5. The molecular weight excluding hydrogens is 322 g/mol. The Kier molecular flexibility index (Phi) is 11.4. The van der Waals surface area contributed by atoms with E-state index in [2.05, 4.69) is 51.8 Å². The lowest BCUT2D eigenvalue weighted by molar-refractivity contribution is 0.180. The van der Waals surface area contributed by atoms with Crippen LogP contribution in [0.1, 0.15) is 31.0 Å². The van der Waals surface area contributed by atoms with Crippen molar-refractivity contribution in [1.29, 1.82) is 0 Å². The van der Waals surface area contributed by atoms with Crippen LogP contribution in [0.5, 0.6) is 0 Å². The third kappa shape index (κ3) is 9.20. The van der Waals surface area contributed by atoms with Crippen molar-refractivity contribution in [1.82, 2.24) is 20.5 Å². The number of likely N-dealkylation sites (N-methyl/N-ethyl adjacent to an activating group) is 1. The quantitative estimate of drug-likeness (QED) is 0.340. The second-order valence-electron chi connectivity index (χ2n) is 5.67. The van der Waals surface area contributed by atoms with Gasteiger partial charge in [-0.3, -0.25) is 4.99 Å². The molecular formula is C17H33N5OS. The maximum Gasteiger partial charge on any atom is 0.191 e. The van der Waals surface area contributed by atoms with Gasteiger partial charge in [-0.15, -0.1) is 11.3 Å². The molecule has 0 aliphatic rings. The zero-order valence-corrected chi connectivity index (χ0v) is 16.4. The number of aliphatic imine (C=N–C) groups is 1. The Morgan fingerprint density at radius 3 is 2.83 bits per heavy atom. The fourth-order valence-electron chi connectivity index (χ4n) is 2.20. The molecule has 24 heavy (non-hydrogen) atoms. The smallest absolute Gasteiger partial charge is 0.191 e. The Morgan fingerprint density at radius 1 is 1.33 bits per heavy atom. The highest BCUT2D eigenvalue weighted by Crippen LogP contribution is 2.10. The van der Waals surface area contributed by atoms with Crippen molar-refractivity contribution in [3.05, 3.63) is 16.1 Å². The molecule has 0 spiro atoms. The van der Waals surface area contributed by atoms with E-state index in [0.717, 1.165) is 70.2 Å². The lowest BCUT2D eigenvalue weighted by Crippen LogP contribution is -2.39. The number of guanidine groups is 1. The first-order chi connectivity index (χ1) is 11.7. The van der Waals surface area contributed by atoms with Crippen LogP contribution >= 0.6 is 11.3 Å². The highest BCUT2D eigenvalue weighted by Gasteiger charge is 2.02. The van der Waals surface area contributed by atoms with E-state index in [4.69, 9.17) is 4.74 Å². The molecule has 0 saturated carbocycles. The first kappa shape index (κ1) is 20.9. The number of nitrogens with zero attached hydrogens (tertiary/aromatic N) is 3. The Balaban J connectivity index is 2.28. The van der Waals surface area contributed by atoms with Crippen molar-refractivity contribution in [2.45, 2.75) is 33.1 Å². The SMILES string of the molecule is CCNC(=NCCN(C)CCCOC)NCCc1csc(CC)n1. The molecule has 1 heterocycles. The van der Waals surface area contributed by atoms with Crippen molar-refractivity contribution in [3.63, 3.8) is 0 Å². The molecule has 0 fully saturated rings. The van der Waals surface area contributed by atoms with Crippen LogP contribution in [0.3, 0.4) is 0 Å². The fourth-order valence-corrected chi connectivity index (χ4v) is 2.98. The maximum absolute atomic E-state index is 5.08. The van der Waals surface area contributed by atoms with Crippen molar-refractivity contribution >= 4 is 17.3 Å². The summed E-state index contributed by atoms with van der Waals surface area (Å²) in [6, 6.07) is 0. The Bertz CT molecular complexity index is 464. The van der Waals surface area contributed by atoms with Crippen LogP contribution in [0.2, 0.25) is 0 Å². The first-order valence-corrected chi connectivity index (χ1v) is 9.70. The molecule has 0 aromatic carbocycles. The third-order valence-electron chi connectivity index (χ3n) is 3.56. The number of aryl methyl sites for hydroxylation is 1. The Hall–Kier alpha value is -1.18. The van der Waals surface area contributed by atoms with Gasteiger partial charge >= 0.3 is 0 Å². The number of rotatable bonds is 12. The molecule has 7 heteroatoms. The first-order valence-electron chi connectivity index (χ1n) is 8.82. The largest absolute Gasteiger partial charge is 0.385 e. The number of methoxy groups -OCH3 is 1. The molecule has 0 bridgehead atoms. The predicted octanol–water partition coefficient (Wildman–Crippen LogP) is 1.77. The standard InChI is InChI=1S/C17H33N5OS/c1-5-16-21-15(14-24-16)8-9-19-17(18-6-2)20-10-12-22(3)11-7-13-23-4/h14H,5-13H2,1-4H3,(H2,18,19,20). The summed E-state index contributed by atoms with van der Waals surface area (Å²) < 4.78 is 5.08.